The van der Waals surface area contributed by atoms with E-state index in [9.17, 15) is 8.78 Å². The van der Waals surface area contributed by atoms with E-state index in [1.165, 1.54) is 50.7 Å². The number of halogens is 2. The van der Waals surface area contributed by atoms with Crippen molar-refractivity contribution in [2.75, 3.05) is 13.2 Å². The number of allylic oxidation sites excluding steroid dienone is 1. The summed E-state index contributed by atoms with van der Waals surface area (Å²) in [7, 11) is 0. The van der Waals surface area contributed by atoms with E-state index in [0.717, 1.165) is 37.0 Å². The summed E-state index contributed by atoms with van der Waals surface area (Å²) in [6, 6.07) is 2.94. The fraction of sp³-hybridized carbons (Fsp3) is 0.667. The maximum Gasteiger partial charge on any atom is 0.204 e. The lowest BCUT2D eigenvalue weighted by molar-refractivity contribution is 0.127. The molecule has 0 aromatic heterocycles. The molecular formula is C24H34F2O2. The molecule has 0 spiro atoms. The monoisotopic (exact) mass is 392 g/mol. The smallest absolute Gasteiger partial charge is 0.204 e. The Morgan fingerprint density at radius 3 is 1.96 bits per heavy atom. The maximum atomic E-state index is 14.2. The molecule has 0 bridgehead atoms. The van der Waals surface area contributed by atoms with E-state index in [1.54, 1.807) is 0 Å². The lowest BCUT2D eigenvalue weighted by Gasteiger charge is -2.37. The highest BCUT2D eigenvalue weighted by Gasteiger charge is 2.30. The zero-order valence-electron chi connectivity index (χ0n) is 17.1. The molecule has 1 aromatic carbocycles. The summed E-state index contributed by atoms with van der Waals surface area (Å²) >= 11 is 0. The number of hydrogen-bond acceptors (Lipinski definition) is 2. The minimum atomic E-state index is -0.954. The Hall–Kier alpha value is -1.58. The number of rotatable bonds is 8. The van der Waals surface area contributed by atoms with Crippen LogP contribution in [0.3, 0.4) is 0 Å². The molecule has 0 saturated heterocycles. The first-order valence-corrected chi connectivity index (χ1v) is 11.0. The Labute approximate surface area is 168 Å². The average Bonchev–Trinajstić information content (AvgIpc) is 2.74. The van der Waals surface area contributed by atoms with Crippen molar-refractivity contribution in [3.8, 4) is 11.5 Å². The van der Waals surface area contributed by atoms with E-state index >= 15 is 0 Å². The molecule has 0 N–H and O–H groups in total. The van der Waals surface area contributed by atoms with Crippen molar-refractivity contribution in [1.82, 2.24) is 0 Å². The summed E-state index contributed by atoms with van der Waals surface area (Å²) in [4.78, 5) is 0. The van der Waals surface area contributed by atoms with Crippen molar-refractivity contribution in [2.24, 2.45) is 23.7 Å². The molecule has 156 valence electrons. The molecule has 2 aliphatic rings. The average molecular weight is 393 g/mol. The van der Waals surface area contributed by atoms with Crippen LogP contribution in [0.5, 0.6) is 11.5 Å². The highest BCUT2D eigenvalue weighted by molar-refractivity contribution is 5.35. The van der Waals surface area contributed by atoms with Crippen LogP contribution >= 0.6 is 0 Å². The first-order valence-electron chi connectivity index (χ1n) is 11.0. The van der Waals surface area contributed by atoms with E-state index < -0.39 is 11.6 Å². The second-order valence-electron chi connectivity index (χ2n) is 8.54. The fourth-order valence-corrected chi connectivity index (χ4v) is 4.84. The minimum absolute atomic E-state index is 0.00813. The Morgan fingerprint density at radius 2 is 1.43 bits per heavy atom. The molecule has 1 aromatic rings. The zero-order valence-corrected chi connectivity index (χ0v) is 17.1. The third kappa shape index (κ3) is 5.27. The molecule has 28 heavy (non-hydrogen) atoms. The van der Waals surface area contributed by atoms with E-state index in [4.69, 9.17) is 9.47 Å². The molecule has 2 nitrogen and oxygen atoms in total. The van der Waals surface area contributed by atoms with E-state index in [2.05, 4.69) is 12.7 Å². The summed E-state index contributed by atoms with van der Waals surface area (Å²) in [6.45, 7) is 6.69. The lowest BCUT2D eigenvalue weighted by Crippen LogP contribution is -2.27. The quantitative estimate of drug-likeness (QED) is 0.447. The number of ether oxygens (including phenoxy) is 2. The van der Waals surface area contributed by atoms with Gasteiger partial charge in [-0.3, -0.25) is 0 Å². The van der Waals surface area contributed by atoms with Crippen LogP contribution < -0.4 is 9.47 Å². The van der Waals surface area contributed by atoms with Gasteiger partial charge in [0.2, 0.25) is 11.6 Å². The van der Waals surface area contributed by atoms with Crippen LogP contribution in [0.25, 0.3) is 0 Å². The largest absolute Gasteiger partial charge is 0.490 e. The van der Waals surface area contributed by atoms with Crippen LogP contribution in [0, 0.1) is 35.3 Å². The predicted octanol–water partition coefficient (Wildman–Crippen LogP) is 6.93. The van der Waals surface area contributed by atoms with Gasteiger partial charge in [0, 0.05) is 0 Å². The van der Waals surface area contributed by atoms with Gasteiger partial charge < -0.3 is 9.47 Å². The van der Waals surface area contributed by atoms with Crippen molar-refractivity contribution in [3.05, 3.63) is 36.4 Å². The highest BCUT2D eigenvalue weighted by atomic mass is 19.2. The molecular weight excluding hydrogens is 358 g/mol. The van der Waals surface area contributed by atoms with Gasteiger partial charge in [0.05, 0.1) is 13.2 Å². The lowest BCUT2D eigenvalue weighted by atomic mass is 9.69. The van der Waals surface area contributed by atoms with Crippen molar-refractivity contribution >= 4 is 0 Å². The minimum Gasteiger partial charge on any atom is -0.490 e. The predicted molar refractivity (Wildman–Crippen MR) is 109 cm³/mol. The van der Waals surface area contributed by atoms with E-state index in [0.29, 0.717) is 19.1 Å². The highest BCUT2D eigenvalue weighted by Crippen LogP contribution is 2.41. The first kappa shape index (κ1) is 21.1. The van der Waals surface area contributed by atoms with Crippen LogP contribution in [0.15, 0.2) is 24.8 Å². The van der Waals surface area contributed by atoms with Crippen molar-refractivity contribution in [3.63, 3.8) is 0 Å². The molecule has 0 heterocycles. The Kier molecular flexibility index (Phi) is 7.75. The van der Waals surface area contributed by atoms with Gasteiger partial charge >= 0.3 is 0 Å². The normalized spacial score (nSPS) is 28.0. The van der Waals surface area contributed by atoms with Crippen LogP contribution in [-0.2, 0) is 0 Å². The van der Waals surface area contributed by atoms with Gasteiger partial charge in [0.1, 0.15) is 0 Å². The molecule has 2 saturated carbocycles. The van der Waals surface area contributed by atoms with Gasteiger partial charge in [-0.15, -0.1) is 6.58 Å². The van der Waals surface area contributed by atoms with Gasteiger partial charge in [0.15, 0.2) is 11.5 Å². The topological polar surface area (TPSA) is 18.5 Å². The Morgan fingerprint density at radius 1 is 0.893 bits per heavy atom. The van der Waals surface area contributed by atoms with Crippen LogP contribution in [0.2, 0.25) is 0 Å². The van der Waals surface area contributed by atoms with Gasteiger partial charge in [0.25, 0.3) is 0 Å². The Bertz CT molecular complexity index is 630. The summed E-state index contributed by atoms with van der Waals surface area (Å²) < 4.78 is 39.2. The molecule has 3 rings (SSSR count). The second-order valence-corrected chi connectivity index (χ2v) is 8.54. The summed E-state index contributed by atoms with van der Waals surface area (Å²) in [6.07, 6.45) is 12.8. The molecule has 0 atom stereocenters. The maximum absolute atomic E-state index is 14.2. The molecule has 0 unspecified atom stereocenters. The standard InChI is InChI=1S/C24H34F2O2/c1-3-15-27-21-13-14-22(24(26)23(21)25)28-16-18-7-11-20(12-8-18)19-9-5-17(4-2)6-10-19/h4,13-14,17-20H,2-3,5-12,15-16H2,1H3. The van der Waals surface area contributed by atoms with E-state index in [1.807, 2.05) is 6.92 Å². The van der Waals surface area contributed by atoms with E-state index in [-0.39, 0.29) is 11.5 Å². The first-order chi connectivity index (χ1) is 13.6. The third-order valence-corrected chi connectivity index (χ3v) is 6.66. The van der Waals surface area contributed by atoms with Crippen molar-refractivity contribution in [1.29, 1.82) is 0 Å². The molecule has 2 aliphatic carbocycles. The second kappa shape index (κ2) is 10.3. The molecule has 2 fully saturated rings. The summed E-state index contributed by atoms with van der Waals surface area (Å²) in [5.41, 5.74) is 0. The van der Waals surface area contributed by atoms with Crippen molar-refractivity contribution < 1.29 is 18.3 Å². The zero-order chi connectivity index (χ0) is 19.9. The van der Waals surface area contributed by atoms with Gasteiger partial charge in [-0.25, -0.2) is 0 Å². The number of hydrogen-bond donors (Lipinski definition) is 0. The van der Waals surface area contributed by atoms with Crippen molar-refractivity contribution in [2.45, 2.75) is 64.7 Å². The molecule has 0 radical (unpaired) electrons. The van der Waals surface area contributed by atoms with Gasteiger partial charge in [-0.1, -0.05) is 13.0 Å². The van der Waals surface area contributed by atoms with Gasteiger partial charge in [-0.05, 0) is 93.6 Å². The SMILES string of the molecule is C=CC1CCC(C2CCC(COc3ccc(OCCC)c(F)c3F)CC2)CC1. The van der Waals surface area contributed by atoms with Gasteiger partial charge in [-0.2, -0.15) is 8.78 Å². The van der Waals surface area contributed by atoms with Crippen LogP contribution in [-0.4, -0.2) is 13.2 Å². The van der Waals surface area contributed by atoms with Crippen LogP contribution in [0.1, 0.15) is 64.7 Å². The number of benzene rings is 1. The third-order valence-electron chi connectivity index (χ3n) is 6.66. The molecule has 4 heteroatoms. The Balaban J connectivity index is 1.44. The van der Waals surface area contributed by atoms with Crippen LogP contribution in [0.4, 0.5) is 8.78 Å². The fourth-order valence-electron chi connectivity index (χ4n) is 4.84. The summed E-state index contributed by atoms with van der Waals surface area (Å²) in [5, 5.41) is 0. The summed E-state index contributed by atoms with van der Waals surface area (Å²) in [5.74, 6) is 0.886. The molecule has 0 amide bonds. The molecule has 0 aliphatic heterocycles.